The SMILES string of the molecule is NC(=O)COc1ccc(C(=O)NC2(C(=O)O)CCCCC2)cc1. The lowest BCUT2D eigenvalue weighted by atomic mass is 9.81. The van der Waals surface area contributed by atoms with Crippen LogP contribution in [0.2, 0.25) is 0 Å². The van der Waals surface area contributed by atoms with E-state index in [0.717, 1.165) is 19.3 Å². The fourth-order valence-electron chi connectivity index (χ4n) is 2.69. The van der Waals surface area contributed by atoms with Gasteiger partial charge in [-0.3, -0.25) is 9.59 Å². The van der Waals surface area contributed by atoms with Gasteiger partial charge in [-0.15, -0.1) is 0 Å². The predicted molar refractivity (Wildman–Crippen MR) is 82.0 cm³/mol. The highest BCUT2D eigenvalue weighted by Crippen LogP contribution is 2.29. The van der Waals surface area contributed by atoms with Gasteiger partial charge in [0.05, 0.1) is 0 Å². The molecule has 0 aliphatic heterocycles. The Balaban J connectivity index is 2.04. The minimum absolute atomic E-state index is 0.242. The molecule has 7 heteroatoms. The van der Waals surface area contributed by atoms with Gasteiger partial charge in [-0.05, 0) is 37.1 Å². The van der Waals surface area contributed by atoms with E-state index in [1.54, 1.807) is 0 Å². The van der Waals surface area contributed by atoms with Gasteiger partial charge in [0.15, 0.2) is 6.61 Å². The molecule has 0 unspecified atom stereocenters. The molecule has 0 bridgehead atoms. The zero-order chi connectivity index (χ0) is 16.9. The number of primary amides is 1. The second-order valence-corrected chi connectivity index (χ2v) is 5.68. The van der Waals surface area contributed by atoms with Crippen LogP contribution in [-0.4, -0.2) is 35.0 Å². The van der Waals surface area contributed by atoms with Gasteiger partial charge in [0.25, 0.3) is 11.8 Å². The molecule has 0 atom stereocenters. The first-order chi connectivity index (χ1) is 10.9. The Bertz CT molecular complexity index is 591. The average Bonchev–Trinajstić information content (AvgIpc) is 2.54. The number of hydrogen-bond acceptors (Lipinski definition) is 4. The van der Waals surface area contributed by atoms with Crippen molar-refractivity contribution in [2.24, 2.45) is 5.73 Å². The summed E-state index contributed by atoms with van der Waals surface area (Å²) in [5, 5.41) is 12.1. The van der Waals surface area contributed by atoms with Crippen LogP contribution in [0.1, 0.15) is 42.5 Å². The van der Waals surface area contributed by atoms with E-state index in [1.165, 1.54) is 24.3 Å². The van der Waals surface area contributed by atoms with E-state index in [-0.39, 0.29) is 6.61 Å². The van der Waals surface area contributed by atoms with Crippen LogP contribution in [0.5, 0.6) is 5.75 Å². The van der Waals surface area contributed by atoms with E-state index >= 15 is 0 Å². The third-order valence-electron chi connectivity index (χ3n) is 3.97. The van der Waals surface area contributed by atoms with Crippen molar-refractivity contribution in [3.05, 3.63) is 29.8 Å². The first-order valence-electron chi connectivity index (χ1n) is 7.50. The van der Waals surface area contributed by atoms with Gasteiger partial charge >= 0.3 is 5.97 Å². The van der Waals surface area contributed by atoms with Crippen LogP contribution in [0.25, 0.3) is 0 Å². The second kappa shape index (κ2) is 7.13. The third-order valence-corrected chi connectivity index (χ3v) is 3.97. The molecular formula is C16H20N2O5. The van der Waals surface area contributed by atoms with E-state index in [1.807, 2.05) is 0 Å². The molecule has 0 heterocycles. The van der Waals surface area contributed by atoms with Crippen molar-refractivity contribution in [3.63, 3.8) is 0 Å². The molecule has 1 aromatic rings. The molecule has 0 radical (unpaired) electrons. The van der Waals surface area contributed by atoms with Crippen LogP contribution < -0.4 is 15.8 Å². The smallest absolute Gasteiger partial charge is 0.329 e. The summed E-state index contributed by atoms with van der Waals surface area (Å²) < 4.78 is 5.11. The highest BCUT2D eigenvalue weighted by Gasteiger charge is 2.41. The van der Waals surface area contributed by atoms with Gasteiger partial charge < -0.3 is 20.9 Å². The minimum atomic E-state index is -1.18. The molecule has 7 nitrogen and oxygen atoms in total. The van der Waals surface area contributed by atoms with Gasteiger partial charge in [0.2, 0.25) is 0 Å². The molecule has 1 aliphatic carbocycles. The van der Waals surface area contributed by atoms with Crippen LogP contribution in [0.4, 0.5) is 0 Å². The number of carboxylic acids is 1. The van der Waals surface area contributed by atoms with E-state index in [2.05, 4.69) is 5.32 Å². The van der Waals surface area contributed by atoms with Crippen molar-refractivity contribution < 1.29 is 24.2 Å². The van der Waals surface area contributed by atoms with Crippen molar-refractivity contribution >= 4 is 17.8 Å². The second-order valence-electron chi connectivity index (χ2n) is 5.68. The summed E-state index contributed by atoms with van der Waals surface area (Å²) in [4.78, 5) is 34.5. The van der Waals surface area contributed by atoms with Crippen LogP contribution >= 0.6 is 0 Å². The molecule has 2 amide bonds. The monoisotopic (exact) mass is 320 g/mol. The van der Waals surface area contributed by atoms with Crippen LogP contribution in [0.15, 0.2) is 24.3 Å². The summed E-state index contributed by atoms with van der Waals surface area (Å²) in [6.45, 7) is -0.242. The highest BCUT2D eigenvalue weighted by atomic mass is 16.5. The lowest BCUT2D eigenvalue weighted by molar-refractivity contribution is -0.146. The maximum atomic E-state index is 12.3. The number of rotatable bonds is 6. The lowest BCUT2D eigenvalue weighted by Crippen LogP contribution is -2.55. The normalized spacial score (nSPS) is 16.3. The van der Waals surface area contributed by atoms with Gasteiger partial charge in [-0.1, -0.05) is 19.3 Å². The Morgan fingerprint density at radius 1 is 1.13 bits per heavy atom. The van der Waals surface area contributed by atoms with E-state index < -0.39 is 23.3 Å². The lowest BCUT2D eigenvalue weighted by Gasteiger charge is -2.34. The molecule has 4 N–H and O–H groups in total. The number of benzene rings is 1. The summed E-state index contributed by atoms with van der Waals surface area (Å²) >= 11 is 0. The van der Waals surface area contributed by atoms with E-state index in [0.29, 0.717) is 24.2 Å². The maximum Gasteiger partial charge on any atom is 0.329 e. The maximum absolute atomic E-state index is 12.3. The fraction of sp³-hybridized carbons (Fsp3) is 0.438. The Morgan fingerprint density at radius 2 is 1.74 bits per heavy atom. The highest BCUT2D eigenvalue weighted by molar-refractivity contribution is 5.98. The first-order valence-corrected chi connectivity index (χ1v) is 7.50. The minimum Gasteiger partial charge on any atom is -0.484 e. The summed E-state index contributed by atoms with van der Waals surface area (Å²) in [6, 6.07) is 6.10. The Kier molecular flexibility index (Phi) is 5.20. The molecule has 23 heavy (non-hydrogen) atoms. The number of nitrogens with one attached hydrogen (secondary N) is 1. The van der Waals surface area contributed by atoms with Crippen molar-refractivity contribution in [2.75, 3.05) is 6.61 Å². The molecular weight excluding hydrogens is 300 g/mol. The van der Waals surface area contributed by atoms with E-state index in [9.17, 15) is 19.5 Å². The first kappa shape index (κ1) is 16.8. The summed E-state index contributed by atoms with van der Waals surface area (Å²) in [7, 11) is 0. The molecule has 0 spiro atoms. The average molecular weight is 320 g/mol. The van der Waals surface area contributed by atoms with Gasteiger partial charge in [-0.25, -0.2) is 4.79 Å². The molecule has 0 aromatic heterocycles. The topological polar surface area (TPSA) is 119 Å². The number of carbonyl (C=O) groups is 3. The molecule has 124 valence electrons. The summed E-state index contributed by atoms with van der Waals surface area (Å²) in [5.74, 6) is -1.61. The third kappa shape index (κ3) is 4.21. The van der Waals surface area contributed by atoms with Crippen molar-refractivity contribution in [2.45, 2.75) is 37.6 Å². The molecule has 1 aliphatic rings. The van der Waals surface area contributed by atoms with Crippen molar-refractivity contribution in [1.29, 1.82) is 0 Å². The Hall–Kier alpha value is -2.57. The number of carboxylic acid groups (broad SMARTS) is 1. The van der Waals surface area contributed by atoms with E-state index in [4.69, 9.17) is 10.5 Å². The summed E-state index contributed by atoms with van der Waals surface area (Å²) in [5.41, 5.74) is 4.13. The van der Waals surface area contributed by atoms with Gasteiger partial charge in [-0.2, -0.15) is 0 Å². The number of ether oxygens (including phenoxy) is 1. The number of carbonyl (C=O) groups excluding carboxylic acids is 2. The largest absolute Gasteiger partial charge is 0.484 e. The van der Waals surface area contributed by atoms with Crippen molar-refractivity contribution in [1.82, 2.24) is 5.32 Å². The summed E-state index contributed by atoms with van der Waals surface area (Å²) in [6.07, 6.45) is 3.43. The predicted octanol–water partition coefficient (Wildman–Crippen LogP) is 1.07. The zero-order valence-electron chi connectivity index (χ0n) is 12.7. The number of amides is 2. The molecule has 1 aromatic carbocycles. The quantitative estimate of drug-likeness (QED) is 0.724. The van der Waals surface area contributed by atoms with Gasteiger partial charge in [0.1, 0.15) is 11.3 Å². The standard InChI is InChI=1S/C16H20N2O5/c17-13(19)10-23-12-6-4-11(5-7-12)14(20)18-16(15(21)22)8-2-1-3-9-16/h4-7H,1-3,8-10H2,(H2,17,19)(H,18,20)(H,21,22). The number of aliphatic carboxylic acids is 1. The van der Waals surface area contributed by atoms with Gasteiger partial charge in [0, 0.05) is 5.56 Å². The van der Waals surface area contributed by atoms with Crippen LogP contribution in [0, 0.1) is 0 Å². The Labute approximate surface area is 133 Å². The zero-order valence-corrected chi connectivity index (χ0v) is 12.7. The number of nitrogens with two attached hydrogens (primary N) is 1. The molecule has 2 rings (SSSR count). The molecule has 1 saturated carbocycles. The van der Waals surface area contributed by atoms with Crippen LogP contribution in [-0.2, 0) is 9.59 Å². The fourth-order valence-corrected chi connectivity index (χ4v) is 2.69. The number of hydrogen-bond donors (Lipinski definition) is 3. The molecule has 1 fully saturated rings. The Morgan fingerprint density at radius 3 is 2.26 bits per heavy atom. The van der Waals surface area contributed by atoms with Crippen molar-refractivity contribution in [3.8, 4) is 5.75 Å². The van der Waals surface area contributed by atoms with Crippen LogP contribution in [0.3, 0.4) is 0 Å². The molecule has 0 saturated heterocycles.